The van der Waals surface area contributed by atoms with Crippen LogP contribution in [0.25, 0.3) is 10.8 Å². The van der Waals surface area contributed by atoms with Crippen LogP contribution in [0.15, 0.2) is 60.7 Å². The van der Waals surface area contributed by atoms with E-state index in [1.807, 2.05) is 36.4 Å². The number of carboxylic acids is 2. The van der Waals surface area contributed by atoms with Gasteiger partial charge in [0.2, 0.25) is 23.6 Å². The summed E-state index contributed by atoms with van der Waals surface area (Å²) >= 11 is 0. The summed E-state index contributed by atoms with van der Waals surface area (Å²) in [6, 6.07) is 8.45. The lowest BCUT2D eigenvalue weighted by molar-refractivity contribution is -0.144. The zero-order valence-electron chi connectivity index (χ0n) is 42.2. The van der Waals surface area contributed by atoms with Crippen LogP contribution in [0.5, 0.6) is 5.75 Å². The lowest BCUT2D eigenvalue weighted by Crippen LogP contribution is -2.52. The van der Waals surface area contributed by atoms with Crippen molar-refractivity contribution >= 4 is 52.4 Å². The number of nitrogens with one attached hydrogen (secondary N) is 5. The summed E-state index contributed by atoms with van der Waals surface area (Å²) < 4.78 is 102. The van der Waals surface area contributed by atoms with Crippen LogP contribution in [0.3, 0.4) is 0 Å². The van der Waals surface area contributed by atoms with Crippen molar-refractivity contribution in [1.29, 1.82) is 0 Å². The molecule has 0 aliphatic heterocycles. The number of aliphatic hydroxyl groups excluding tert-OH is 1. The Morgan fingerprint density at radius 3 is 1.88 bits per heavy atom. The molecule has 428 valence electrons. The fraction of sp³-hybridized carbons (Fsp3) is 0.540. The van der Waals surface area contributed by atoms with Gasteiger partial charge in [0, 0.05) is 39.4 Å². The Morgan fingerprint density at radius 2 is 1.27 bits per heavy atom. The number of carbonyl (C=O) groups is 7. The minimum absolute atomic E-state index is 0.0108. The number of alkyl halides is 6. The van der Waals surface area contributed by atoms with Gasteiger partial charge in [-0.25, -0.2) is 9.59 Å². The van der Waals surface area contributed by atoms with E-state index in [9.17, 15) is 75.2 Å². The number of urea groups is 1. The predicted octanol–water partition coefficient (Wildman–Crippen LogP) is 3.75. The molecular formula is C50H66F6N6O15. The van der Waals surface area contributed by atoms with Gasteiger partial charge in [-0.1, -0.05) is 42.5 Å². The second-order valence-electron chi connectivity index (χ2n) is 17.4. The van der Waals surface area contributed by atoms with Crippen molar-refractivity contribution in [1.82, 2.24) is 31.5 Å². The van der Waals surface area contributed by atoms with Crippen LogP contribution in [0, 0.1) is 0 Å². The van der Waals surface area contributed by atoms with Crippen LogP contribution in [0.4, 0.5) is 31.1 Å². The smallest absolute Gasteiger partial charge is 0.416 e. The molecule has 9 N–H and O–H groups in total. The average Bonchev–Trinajstić information content (AvgIpc) is 3.35. The quantitative estimate of drug-likeness (QED) is 0.0228. The zero-order chi connectivity index (χ0) is 57.0. The summed E-state index contributed by atoms with van der Waals surface area (Å²) in [5.74, 6) is -5.66. The van der Waals surface area contributed by atoms with E-state index in [-0.39, 0.29) is 116 Å². The third kappa shape index (κ3) is 26.2. The number of rotatable bonds is 36. The predicted molar refractivity (Wildman–Crippen MR) is 262 cm³/mol. The molecular weight excluding hydrogens is 1040 g/mol. The number of ether oxygens (including phenoxy) is 4. The third-order valence-corrected chi connectivity index (χ3v) is 11.2. The summed E-state index contributed by atoms with van der Waals surface area (Å²) in [4.78, 5) is 88.2. The van der Waals surface area contributed by atoms with E-state index in [4.69, 9.17) is 24.1 Å². The standard InChI is InChI=1S/C50H66F6N6O15/c1-32(63)57-17-21-75-23-25-76-24-22-74-20-15-43(65)62(18-6-7-19-77-38-29-36(49(51,52)53)28-37(30-38)50(54,55)56)31-42(64)59-41(27-33-11-12-34-8-2-3-9-35(34)26-33)45(68)58-16-5-4-10-39(46(69)70)60-48(73)61-40(47(71)72)13-14-44(66)67/h2-3,8-9,11-12,26,28-30,39-41,46,69-70H,4-7,10,13-25,27,31H2,1H3,(H,57,63)(H,58,68)(H,59,64)(H,66,67)(H,71,72)(H2,60,61,73)/t39-,40-,41-/m0/s1. The molecule has 0 saturated carbocycles. The van der Waals surface area contributed by atoms with Gasteiger partial charge in [0.25, 0.3) is 0 Å². The first-order valence-electron chi connectivity index (χ1n) is 24.5. The number of fused-ring (bicyclic) bond motifs is 1. The number of benzene rings is 3. The molecule has 27 heteroatoms. The van der Waals surface area contributed by atoms with E-state index in [1.54, 1.807) is 6.07 Å². The minimum Gasteiger partial charge on any atom is -0.494 e. The number of aliphatic hydroxyl groups is 2. The van der Waals surface area contributed by atoms with Crippen molar-refractivity contribution in [2.24, 2.45) is 0 Å². The maximum absolute atomic E-state index is 13.8. The van der Waals surface area contributed by atoms with Crippen LogP contribution < -0.4 is 31.3 Å². The molecule has 0 aliphatic carbocycles. The number of hydrogen-bond acceptors (Lipinski definition) is 13. The lowest BCUT2D eigenvalue weighted by Gasteiger charge is -2.25. The van der Waals surface area contributed by atoms with Gasteiger partial charge in [-0.05, 0) is 73.1 Å². The zero-order valence-corrected chi connectivity index (χ0v) is 42.2. The summed E-state index contributed by atoms with van der Waals surface area (Å²) in [5, 5.41) is 52.0. The van der Waals surface area contributed by atoms with E-state index < -0.39 is 109 Å². The summed E-state index contributed by atoms with van der Waals surface area (Å²) in [6.07, 6.45) is -13.1. The van der Waals surface area contributed by atoms with Gasteiger partial charge < -0.3 is 70.9 Å². The van der Waals surface area contributed by atoms with Crippen LogP contribution in [-0.4, -0.2) is 164 Å². The SMILES string of the molecule is CC(=O)NCCOCCOCCOCCC(=O)N(CCCCOc1cc(C(F)(F)F)cc(C(F)(F)F)c1)CC(=O)N[C@@H](Cc1ccc2ccccc2c1)C(=O)NCCCC[C@H](NC(=O)N[C@@H](CCC(=O)O)C(=O)O)C(O)O. The van der Waals surface area contributed by atoms with Crippen LogP contribution in [0.2, 0.25) is 0 Å². The summed E-state index contributed by atoms with van der Waals surface area (Å²) in [6.45, 7) is 1.49. The minimum atomic E-state index is -5.10. The molecule has 77 heavy (non-hydrogen) atoms. The van der Waals surface area contributed by atoms with Gasteiger partial charge in [0.1, 0.15) is 17.8 Å². The van der Waals surface area contributed by atoms with Crippen molar-refractivity contribution in [3.63, 3.8) is 0 Å². The maximum atomic E-state index is 13.8. The summed E-state index contributed by atoms with van der Waals surface area (Å²) in [5.41, 5.74) is -2.48. The Bertz CT molecular complexity index is 2350. The number of carboxylic acid groups (broad SMARTS) is 2. The molecule has 0 aliphatic rings. The molecule has 21 nitrogen and oxygen atoms in total. The number of hydrogen-bond donors (Lipinski definition) is 9. The second-order valence-corrected chi connectivity index (χ2v) is 17.4. The number of amides is 6. The molecule has 3 aromatic carbocycles. The Hall–Kier alpha value is -6.81. The van der Waals surface area contributed by atoms with Crippen molar-refractivity contribution in [3.05, 3.63) is 77.4 Å². The van der Waals surface area contributed by atoms with E-state index in [0.717, 1.165) is 15.7 Å². The number of unbranched alkanes of at least 4 members (excludes halogenated alkanes) is 2. The van der Waals surface area contributed by atoms with Crippen LogP contribution >= 0.6 is 0 Å². The van der Waals surface area contributed by atoms with E-state index >= 15 is 0 Å². The van der Waals surface area contributed by atoms with Gasteiger partial charge in [-0.3, -0.25) is 24.0 Å². The first kappa shape index (κ1) is 64.5. The molecule has 6 amide bonds. The topological polar surface area (TPSA) is 301 Å². The molecule has 0 bridgehead atoms. The van der Waals surface area contributed by atoms with Crippen LogP contribution in [-0.2, 0) is 61.8 Å². The third-order valence-electron chi connectivity index (χ3n) is 11.2. The monoisotopic (exact) mass is 1100 g/mol. The Morgan fingerprint density at radius 1 is 0.636 bits per heavy atom. The van der Waals surface area contributed by atoms with E-state index in [1.165, 1.54) is 6.92 Å². The van der Waals surface area contributed by atoms with Gasteiger partial charge in [0.15, 0.2) is 6.29 Å². The second kappa shape index (κ2) is 33.4. The van der Waals surface area contributed by atoms with Crippen molar-refractivity contribution in [3.8, 4) is 5.75 Å². The molecule has 0 spiro atoms. The Kier molecular flexibility index (Phi) is 27.9. The normalized spacial score (nSPS) is 12.8. The highest BCUT2D eigenvalue weighted by atomic mass is 19.4. The molecule has 0 fully saturated rings. The van der Waals surface area contributed by atoms with Gasteiger partial charge >= 0.3 is 30.3 Å². The largest absolute Gasteiger partial charge is 0.494 e. The lowest BCUT2D eigenvalue weighted by atomic mass is 10.0. The molecule has 3 rings (SSSR count). The highest BCUT2D eigenvalue weighted by molar-refractivity contribution is 5.91. The molecule has 0 unspecified atom stereocenters. The van der Waals surface area contributed by atoms with Gasteiger partial charge in [-0.2, -0.15) is 26.3 Å². The average molecular weight is 1110 g/mol. The Labute approximate surface area is 439 Å². The Balaban J connectivity index is 1.68. The number of nitrogens with zero attached hydrogens (tertiary/aromatic N) is 1. The van der Waals surface area contributed by atoms with Gasteiger partial charge in [-0.15, -0.1) is 0 Å². The number of halogens is 6. The highest BCUT2D eigenvalue weighted by Crippen LogP contribution is 2.38. The highest BCUT2D eigenvalue weighted by Gasteiger charge is 2.37. The van der Waals surface area contributed by atoms with Crippen molar-refractivity contribution in [2.75, 3.05) is 72.4 Å². The summed E-state index contributed by atoms with van der Waals surface area (Å²) in [7, 11) is 0. The first-order valence-corrected chi connectivity index (χ1v) is 24.5. The van der Waals surface area contributed by atoms with E-state index in [0.29, 0.717) is 24.2 Å². The maximum Gasteiger partial charge on any atom is 0.416 e. The number of carbonyl (C=O) groups excluding carboxylic acids is 5. The van der Waals surface area contributed by atoms with Gasteiger partial charge in [0.05, 0.1) is 76.4 Å². The molecule has 0 aromatic heterocycles. The first-order chi connectivity index (χ1) is 36.4. The van der Waals surface area contributed by atoms with Crippen molar-refractivity contribution in [2.45, 2.75) is 101 Å². The number of aliphatic carboxylic acids is 2. The van der Waals surface area contributed by atoms with Crippen LogP contribution in [0.1, 0.15) is 75.0 Å². The molecule has 0 radical (unpaired) electrons. The van der Waals surface area contributed by atoms with Crippen molar-refractivity contribution < 1.29 is 99.3 Å². The fourth-order valence-corrected chi connectivity index (χ4v) is 7.29. The molecule has 0 saturated heterocycles. The molecule has 3 aromatic rings. The molecule has 0 heterocycles. The van der Waals surface area contributed by atoms with E-state index in [2.05, 4.69) is 26.6 Å². The molecule has 3 atom stereocenters. The fourth-order valence-electron chi connectivity index (χ4n) is 7.29.